The number of benzene rings is 2. The van der Waals surface area contributed by atoms with E-state index in [1.807, 2.05) is 30.3 Å². The van der Waals surface area contributed by atoms with Gasteiger partial charge >= 0.3 is 0 Å². The van der Waals surface area contributed by atoms with E-state index in [4.69, 9.17) is 11.6 Å². The number of rotatable bonds is 7. The first-order chi connectivity index (χ1) is 14.5. The van der Waals surface area contributed by atoms with Gasteiger partial charge in [0.05, 0.1) is 5.69 Å². The highest BCUT2D eigenvalue weighted by Gasteiger charge is 2.12. The quantitative estimate of drug-likeness (QED) is 0.344. The van der Waals surface area contributed by atoms with Crippen LogP contribution in [0, 0.1) is 0 Å². The fraction of sp³-hybridized carbons (Fsp3) is 0.143. The van der Waals surface area contributed by atoms with E-state index in [0.29, 0.717) is 29.2 Å². The van der Waals surface area contributed by atoms with E-state index < -0.39 is 5.91 Å². The van der Waals surface area contributed by atoms with Crippen molar-refractivity contribution in [3.05, 3.63) is 76.9 Å². The highest BCUT2D eigenvalue weighted by atomic mass is 35.5. The molecule has 154 valence electrons. The summed E-state index contributed by atoms with van der Waals surface area (Å²) in [6.45, 7) is 0.323. The number of carbonyl (C=O) groups excluding carboxylic acids is 3. The molecule has 4 N–H and O–H groups in total. The molecule has 0 aliphatic rings. The van der Waals surface area contributed by atoms with Gasteiger partial charge in [-0.05, 0) is 36.8 Å². The molecule has 30 heavy (non-hydrogen) atoms. The van der Waals surface area contributed by atoms with Gasteiger partial charge in [-0.25, -0.2) is 0 Å². The van der Waals surface area contributed by atoms with E-state index in [9.17, 15) is 14.4 Å². The van der Waals surface area contributed by atoms with Gasteiger partial charge in [0, 0.05) is 29.1 Å². The van der Waals surface area contributed by atoms with Gasteiger partial charge in [0.1, 0.15) is 5.69 Å². The van der Waals surface area contributed by atoms with Crippen molar-refractivity contribution in [1.29, 1.82) is 0 Å². The number of amides is 3. The zero-order valence-corrected chi connectivity index (χ0v) is 16.7. The Morgan fingerprint density at radius 2 is 1.67 bits per heavy atom. The number of H-pyrrole nitrogens is 1. The van der Waals surface area contributed by atoms with Crippen LogP contribution in [-0.4, -0.2) is 34.5 Å². The normalized spacial score (nSPS) is 10.3. The van der Waals surface area contributed by atoms with Crippen molar-refractivity contribution in [3.8, 4) is 11.3 Å². The predicted molar refractivity (Wildman–Crippen MR) is 113 cm³/mol. The number of aromatic nitrogens is 2. The van der Waals surface area contributed by atoms with Crippen molar-refractivity contribution in [2.45, 2.75) is 12.8 Å². The van der Waals surface area contributed by atoms with Crippen LogP contribution in [0.1, 0.15) is 33.7 Å². The number of hydrogen-bond donors (Lipinski definition) is 4. The van der Waals surface area contributed by atoms with Crippen LogP contribution in [0.25, 0.3) is 11.3 Å². The molecule has 0 aliphatic carbocycles. The van der Waals surface area contributed by atoms with Crippen LogP contribution >= 0.6 is 11.6 Å². The van der Waals surface area contributed by atoms with Crippen LogP contribution in [0.3, 0.4) is 0 Å². The predicted octanol–water partition coefficient (Wildman–Crippen LogP) is 2.70. The molecule has 0 radical (unpaired) electrons. The third-order valence-corrected chi connectivity index (χ3v) is 4.43. The number of nitrogens with zero attached hydrogens (tertiary/aromatic N) is 1. The maximum Gasteiger partial charge on any atom is 0.287 e. The molecule has 2 aromatic carbocycles. The summed E-state index contributed by atoms with van der Waals surface area (Å²) < 4.78 is 0. The van der Waals surface area contributed by atoms with Crippen LogP contribution in [-0.2, 0) is 4.79 Å². The first-order valence-corrected chi connectivity index (χ1v) is 9.64. The van der Waals surface area contributed by atoms with E-state index in [1.165, 1.54) is 0 Å². The summed E-state index contributed by atoms with van der Waals surface area (Å²) >= 11 is 5.79. The monoisotopic (exact) mass is 425 g/mol. The van der Waals surface area contributed by atoms with Crippen LogP contribution in [0.2, 0.25) is 5.02 Å². The zero-order valence-electron chi connectivity index (χ0n) is 15.9. The minimum absolute atomic E-state index is 0.138. The van der Waals surface area contributed by atoms with Gasteiger partial charge in [-0.3, -0.25) is 30.3 Å². The molecule has 0 spiro atoms. The number of halogens is 1. The van der Waals surface area contributed by atoms with Gasteiger partial charge in [-0.2, -0.15) is 5.10 Å². The van der Waals surface area contributed by atoms with Crippen molar-refractivity contribution in [2.75, 3.05) is 6.54 Å². The summed E-state index contributed by atoms with van der Waals surface area (Å²) in [4.78, 5) is 36.0. The van der Waals surface area contributed by atoms with Crippen LogP contribution in [0.4, 0.5) is 0 Å². The molecule has 0 saturated heterocycles. The van der Waals surface area contributed by atoms with Crippen molar-refractivity contribution in [3.63, 3.8) is 0 Å². The second-order valence-electron chi connectivity index (χ2n) is 6.40. The number of aromatic amines is 1. The molecule has 0 fully saturated rings. The Morgan fingerprint density at radius 1 is 0.933 bits per heavy atom. The third kappa shape index (κ3) is 5.92. The largest absolute Gasteiger partial charge is 0.352 e. The molecule has 0 unspecified atom stereocenters. The van der Waals surface area contributed by atoms with Crippen molar-refractivity contribution in [2.24, 2.45) is 0 Å². The first kappa shape index (κ1) is 21.1. The number of carbonyl (C=O) groups is 3. The average molecular weight is 426 g/mol. The van der Waals surface area contributed by atoms with E-state index in [-0.39, 0.29) is 23.9 Å². The number of hydrazine groups is 1. The Balaban J connectivity index is 1.36. The maximum atomic E-state index is 12.1. The molecule has 1 heterocycles. The van der Waals surface area contributed by atoms with Gasteiger partial charge in [-0.1, -0.05) is 41.9 Å². The zero-order chi connectivity index (χ0) is 21.3. The summed E-state index contributed by atoms with van der Waals surface area (Å²) in [6, 6.07) is 17.5. The maximum absolute atomic E-state index is 12.1. The molecule has 0 aliphatic heterocycles. The summed E-state index contributed by atoms with van der Waals surface area (Å²) in [7, 11) is 0. The van der Waals surface area contributed by atoms with E-state index in [2.05, 4.69) is 26.4 Å². The summed E-state index contributed by atoms with van der Waals surface area (Å²) in [6.07, 6.45) is 0.558. The molecule has 0 atom stereocenters. The molecular weight excluding hydrogens is 406 g/mol. The molecule has 3 amide bonds. The molecule has 0 saturated carbocycles. The first-order valence-electron chi connectivity index (χ1n) is 9.27. The lowest BCUT2D eigenvalue weighted by molar-refractivity contribution is -0.121. The van der Waals surface area contributed by atoms with Crippen LogP contribution in [0.15, 0.2) is 60.7 Å². The Morgan fingerprint density at radius 3 is 2.40 bits per heavy atom. The number of nitrogens with one attached hydrogen (secondary N) is 4. The smallest absolute Gasteiger partial charge is 0.287 e. The molecule has 9 heteroatoms. The second-order valence-corrected chi connectivity index (χ2v) is 6.84. The molecule has 1 aromatic heterocycles. The fourth-order valence-electron chi connectivity index (χ4n) is 2.61. The molecule has 3 aromatic rings. The lowest BCUT2D eigenvalue weighted by Crippen LogP contribution is -2.42. The van der Waals surface area contributed by atoms with Crippen molar-refractivity contribution >= 4 is 29.3 Å². The van der Waals surface area contributed by atoms with Gasteiger partial charge in [0.15, 0.2) is 0 Å². The van der Waals surface area contributed by atoms with Gasteiger partial charge in [-0.15, -0.1) is 0 Å². The Bertz CT molecular complexity index is 1020. The summed E-state index contributed by atoms with van der Waals surface area (Å²) in [5.41, 5.74) is 6.90. The lowest BCUT2D eigenvalue weighted by Gasteiger charge is -2.07. The average Bonchev–Trinajstić information content (AvgIpc) is 3.26. The highest BCUT2D eigenvalue weighted by Crippen LogP contribution is 2.16. The molecule has 0 bridgehead atoms. The van der Waals surface area contributed by atoms with E-state index in [0.717, 1.165) is 5.56 Å². The van der Waals surface area contributed by atoms with Crippen molar-refractivity contribution < 1.29 is 14.4 Å². The van der Waals surface area contributed by atoms with Gasteiger partial charge in [0.2, 0.25) is 5.91 Å². The van der Waals surface area contributed by atoms with Gasteiger partial charge < -0.3 is 5.32 Å². The lowest BCUT2D eigenvalue weighted by atomic mass is 10.1. The SMILES string of the molecule is O=C(CCCNC(=O)c1ccc(Cl)cc1)NNC(=O)c1cc(-c2ccccc2)n[nH]1. The Labute approximate surface area is 178 Å². The van der Waals surface area contributed by atoms with Crippen LogP contribution < -0.4 is 16.2 Å². The minimum atomic E-state index is -0.505. The summed E-state index contributed by atoms with van der Waals surface area (Å²) in [5, 5.41) is 10.0. The summed E-state index contributed by atoms with van der Waals surface area (Å²) in [5.74, 6) is -1.12. The van der Waals surface area contributed by atoms with Crippen molar-refractivity contribution in [1.82, 2.24) is 26.4 Å². The molecular formula is C21H20ClN5O3. The Kier molecular flexibility index (Phi) is 7.18. The van der Waals surface area contributed by atoms with E-state index >= 15 is 0 Å². The molecule has 3 rings (SSSR count). The standard InChI is InChI=1S/C21H20ClN5O3/c22-16-10-8-15(9-11-16)20(29)23-12-4-7-19(28)26-27-21(30)18-13-17(24-25-18)14-5-2-1-3-6-14/h1-3,5-6,8-11,13H,4,7,12H2,(H,23,29)(H,24,25)(H,26,28)(H,27,30). The fourth-order valence-corrected chi connectivity index (χ4v) is 2.73. The van der Waals surface area contributed by atoms with Gasteiger partial charge in [0.25, 0.3) is 11.8 Å². The highest BCUT2D eigenvalue weighted by molar-refractivity contribution is 6.30. The second kappa shape index (κ2) is 10.2. The Hall–Kier alpha value is -3.65. The topological polar surface area (TPSA) is 116 Å². The number of hydrogen-bond acceptors (Lipinski definition) is 4. The molecule has 8 nitrogen and oxygen atoms in total. The third-order valence-electron chi connectivity index (χ3n) is 4.18. The van der Waals surface area contributed by atoms with Crippen LogP contribution in [0.5, 0.6) is 0 Å². The van der Waals surface area contributed by atoms with E-state index in [1.54, 1.807) is 30.3 Å². The minimum Gasteiger partial charge on any atom is -0.352 e.